The summed E-state index contributed by atoms with van der Waals surface area (Å²) in [6.07, 6.45) is 0.483. The van der Waals surface area contributed by atoms with Crippen molar-refractivity contribution in [3.63, 3.8) is 0 Å². The molecular weight excluding hydrogens is 240 g/mol. The molecule has 0 atom stereocenters. The number of allylic oxidation sites excluding steroid dienone is 3. The van der Waals surface area contributed by atoms with Crippen molar-refractivity contribution in [2.75, 3.05) is 0 Å². The summed E-state index contributed by atoms with van der Waals surface area (Å²) in [6.45, 7) is 5.20. The molecule has 0 N–H and O–H groups in total. The smallest absolute Gasteiger partial charge is 0.224 e. The number of ether oxygens (including phenoxy) is 1. The minimum Gasteiger partial charge on any atom is -0.453 e. The lowest BCUT2D eigenvalue weighted by atomic mass is 9.88. The van der Waals surface area contributed by atoms with Crippen LogP contribution in [-0.4, -0.2) is 11.6 Å². The third-order valence-corrected chi connectivity index (χ3v) is 3.31. The van der Waals surface area contributed by atoms with Crippen LogP contribution >= 0.6 is 0 Å². The highest BCUT2D eigenvalue weighted by atomic mass is 16.5. The summed E-state index contributed by atoms with van der Waals surface area (Å²) < 4.78 is 5.64. The van der Waals surface area contributed by atoms with Gasteiger partial charge in [-0.05, 0) is 32.4 Å². The maximum atomic E-state index is 12.3. The normalized spacial score (nSPS) is 16.2. The molecule has 0 fully saturated rings. The van der Waals surface area contributed by atoms with E-state index in [1.165, 1.54) is 0 Å². The first-order valence-corrected chi connectivity index (χ1v) is 6.29. The molecule has 3 nitrogen and oxygen atoms in total. The minimum absolute atomic E-state index is 0.0921. The second kappa shape index (κ2) is 5.22. The number of Topliss-reactive ketones (excluding diaryl/α,β-unsaturated/α-hetero) is 2. The number of hydrogen-bond donors (Lipinski definition) is 0. The average Bonchev–Trinajstić information content (AvgIpc) is 2.44. The zero-order valence-corrected chi connectivity index (χ0v) is 11.3. The fourth-order valence-electron chi connectivity index (χ4n) is 2.01. The van der Waals surface area contributed by atoms with Gasteiger partial charge in [-0.1, -0.05) is 25.1 Å². The van der Waals surface area contributed by atoms with Gasteiger partial charge in [0.2, 0.25) is 5.78 Å². The van der Waals surface area contributed by atoms with E-state index in [1.54, 1.807) is 26.0 Å². The van der Waals surface area contributed by atoms with Gasteiger partial charge >= 0.3 is 0 Å². The van der Waals surface area contributed by atoms with Crippen LogP contribution < -0.4 is 4.74 Å². The van der Waals surface area contributed by atoms with Crippen molar-refractivity contribution in [1.82, 2.24) is 0 Å². The number of benzene rings is 1. The van der Waals surface area contributed by atoms with Crippen molar-refractivity contribution in [2.24, 2.45) is 0 Å². The van der Waals surface area contributed by atoms with Crippen LogP contribution in [0.2, 0.25) is 0 Å². The van der Waals surface area contributed by atoms with Crippen molar-refractivity contribution in [3.05, 3.63) is 52.8 Å². The van der Waals surface area contributed by atoms with Gasteiger partial charge < -0.3 is 4.74 Å². The summed E-state index contributed by atoms with van der Waals surface area (Å²) in [7, 11) is 0. The summed E-state index contributed by atoms with van der Waals surface area (Å²) in [6, 6.07) is 9.04. The lowest BCUT2D eigenvalue weighted by molar-refractivity contribution is -0.118. The highest BCUT2D eigenvalue weighted by Gasteiger charge is 2.31. The van der Waals surface area contributed by atoms with Crippen LogP contribution in [0.15, 0.2) is 52.8 Å². The van der Waals surface area contributed by atoms with Crippen LogP contribution in [0.25, 0.3) is 0 Å². The van der Waals surface area contributed by atoms with Gasteiger partial charge in [-0.25, -0.2) is 0 Å². The highest BCUT2D eigenvalue weighted by Crippen LogP contribution is 2.28. The predicted molar refractivity (Wildman–Crippen MR) is 72.8 cm³/mol. The molecule has 3 heteroatoms. The molecule has 1 aliphatic carbocycles. The molecule has 2 rings (SSSR count). The fraction of sp³-hybridized carbons (Fsp3) is 0.250. The van der Waals surface area contributed by atoms with E-state index in [2.05, 4.69) is 0 Å². The Hall–Kier alpha value is -2.16. The van der Waals surface area contributed by atoms with E-state index in [-0.39, 0.29) is 17.3 Å². The van der Waals surface area contributed by atoms with E-state index in [9.17, 15) is 9.59 Å². The van der Waals surface area contributed by atoms with Crippen LogP contribution in [0.4, 0.5) is 0 Å². The van der Waals surface area contributed by atoms with E-state index < -0.39 is 0 Å². The Bertz CT molecular complexity index is 592. The maximum Gasteiger partial charge on any atom is 0.224 e. The molecule has 0 saturated heterocycles. The van der Waals surface area contributed by atoms with Gasteiger partial charge in [-0.2, -0.15) is 0 Å². The SMILES string of the molecule is CCC1=C(Oc2ccccc2)C(=O)C(C)=C(C)C1=O. The minimum atomic E-state index is -0.196. The third-order valence-electron chi connectivity index (χ3n) is 3.31. The second-order valence-corrected chi connectivity index (χ2v) is 4.48. The van der Waals surface area contributed by atoms with Crippen LogP contribution in [0.5, 0.6) is 5.75 Å². The fourth-order valence-corrected chi connectivity index (χ4v) is 2.01. The molecule has 0 radical (unpaired) electrons. The molecule has 0 heterocycles. The van der Waals surface area contributed by atoms with E-state index in [4.69, 9.17) is 4.74 Å². The van der Waals surface area contributed by atoms with Crippen LogP contribution in [0, 0.1) is 0 Å². The Morgan fingerprint density at radius 3 is 2.11 bits per heavy atom. The topological polar surface area (TPSA) is 43.4 Å². The van der Waals surface area contributed by atoms with E-state index in [0.29, 0.717) is 28.9 Å². The lowest BCUT2D eigenvalue weighted by Gasteiger charge is -2.20. The number of para-hydroxylation sites is 1. The average molecular weight is 256 g/mol. The van der Waals surface area contributed by atoms with E-state index >= 15 is 0 Å². The molecular formula is C16H16O3. The van der Waals surface area contributed by atoms with Crippen LogP contribution in [-0.2, 0) is 9.59 Å². The Balaban J connectivity index is 2.44. The number of carbonyl (C=O) groups is 2. The molecule has 0 amide bonds. The summed E-state index contributed by atoms with van der Waals surface area (Å²) in [5.41, 5.74) is 1.44. The number of rotatable bonds is 3. The Kier molecular flexibility index (Phi) is 3.65. The molecule has 0 spiro atoms. The molecule has 0 aromatic heterocycles. The van der Waals surface area contributed by atoms with Crippen LogP contribution in [0.1, 0.15) is 27.2 Å². The molecule has 0 unspecified atom stereocenters. The van der Waals surface area contributed by atoms with Crippen molar-refractivity contribution in [2.45, 2.75) is 27.2 Å². The van der Waals surface area contributed by atoms with Gasteiger partial charge in [0.1, 0.15) is 5.75 Å². The Morgan fingerprint density at radius 1 is 0.947 bits per heavy atom. The van der Waals surface area contributed by atoms with Crippen molar-refractivity contribution < 1.29 is 14.3 Å². The van der Waals surface area contributed by atoms with Gasteiger partial charge in [0.25, 0.3) is 0 Å². The van der Waals surface area contributed by atoms with Gasteiger partial charge in [0.15, 0.2) is 11.5 Å². The zero-order valence-electron chi connectivity index (χ0n) is 11.3. The molecule has 0 bridgehead atoms. The number of ketones is 2. The number of carbonyl (C=O) groups excluding carboxylic acids is 2. The first-order chi connectivity index (χ1) is 9.06. The first kappa shape index (κ1) is 13.3. The zero-order chi connectivity index (χ0) is 14.0. The summed E-state index contributed by atoms with van der Waals surface area (Å²) >= 11 is 0. The molecule has 1 aliphatic rings. The monoisotopic (exact) mass is 256 g/mol. The van der Waals surface area contributed by atoms with Crippen molar-refractivity contribution in [3.8, 4) is 5.75 Å². The summed E-state index contributed by atoms with van der Waals surface area (Å²) in [4.78, 5) is 24.4. The van der Waals surface area contributed by atoms with Gasteiger partial charge in [0, 0.05) is 16.7 Å². The standard InChI is InChI=1S/C16H16O3/c1-4-13-14(17)10(2)11(3)15(18)16(13)19-12-8-6-5-7-9-12/h5-9H,4H2,1-3H3. The molecule has 1 aromatic rings. The van der Waals surface area contributed by atoms with E-state index in [0.717, 1.165) is 0 Å². The predicted octanol–water partition coefficient (Wildman–Crippen LogP) is 3.22. The van der Waals surface area contributed by atoms with E-state index in [1.807, 2.05) is 25.1 Å². The Morgan fingerprint density at radius 2 is 1.53 bits per heavy atom. The molecule has 98 valence electrons. The third kappa shape index (κ3) is 2.36. The van der Waals surface area contributed by atoms with Gasteiger partial charge in [0.05, 0.1) is 0 Å². The summed E-state index contributed by atoms with van der Waals surface area (Å²) in [5, 5.41) is 0. The lowest BCUT2D eigenvalue weighted by Crippen LogP contribution is -2.24. The maximum absolute atomic E-state index is 12.3. The molecule has 0 saturated carbocycles. The van der Waals surface area contributed by atoms with Gasteiger partial charge in [-0.3, -0.25) is 9.59 Å². The highest BCUT2D eigenvalue weighted by molar-refractivity contribution is 6.24. The Labute approximate surface area is 112 Å². The summed E-state index contributed by atoms with van der Waals surface area (Å²) in [5.74, 6) is 0.446. The van der Waals surface area contributed by atoms with Crippen molar-refractivity contribution >= 4 is 11.6 Å². The second-order valence-electron chi connectivity index (χ2n) is 4.48. The molecule has 1 aromatic carbocycles. The van der Waals surface area contributed by atoms with Crippen LogP contribution in [0.3, 0.4) is 0 Å². The molecule has 19 heavy (non-hydrogen) atoms. The number of hydrogen-bond acceptors (Lipinski definition) is 3. The van der Waals surface area contributed by atoms with Crippen molar-refractivity contribution in [1.29, 1.82) is 0 Å². The largest absolute Gasteiger partial charge is 0.453 e. The quantitative estimate of drug-likeness (QED) is 0.780. The first-order valence-electron chi connectivity index (χ1n) is 6.29. The molecule has 0 aliphatic heterocycles. The van der Waals surface area contributed by atoms with Gasteiger partial charge in [-0.15, -0.1) is 0 Å².